The number of hydrogen-bond acceptors (Lipinski definition) is 4. The Kier molecular flexibility index (Phi) is 1.76. The lowest BCUT2D eigenvalue weighted by Gasteiger charge is -1.85. The Morgan fingerprint density at radius 1 is 1.27 bits per heavy atom. The monoisotopic (exact) mass is 216 g/mol. The van der Waals surface area contributed by atoms with Crippen molar-refractivity contribution in [2.45, 2.75) is 0 Å². The van der Waals surface area contributed by atoms with Crippen molar-refractivity contribution in [1.29, 1.82) is 0 Å². The first-order chi connectivity index (χ1) is 7.33. The fourth-order valence-corrected chi connectivity index (χ4v) is 2.51. The van der Waals surface area contributed by atoms with Gasteiger partial charge in [0, 0.05) is 4.70 Å². The smallest absolute Gasteiger partial charge is 0.292 e. The molecule has 3 aromatic rings. The van der Waals surface area contributed by atoms with Crippen molar-refractivity contribution in [3.63, 3.8) is 0 Å². The third-order valence-corrected chi connectivity index (χ3v) is 3.32. The second kappa shape index (κ2) is 3.10. The zero-order valence-corrected chi connectivity index (χ0v) is 8.62. The molecule has 2 N–H and O–H groups in total. The molecule has 0 atom stereocenters. The number of anilines is 1. The molecule has 74 valence electrons. The van der Waals surface area contributed by atoms with Crippen molar-refractivity contribution in [2.75, 3.05) is 5.73 Å². The number of aromatic nitrogens is 1. The van der Waals surface area contributed by atoms with Gasteiger partial charge in [0.1, 0.15) is 0 Å². The Balaban J connectivity index is 2.19. The number of thiophene rings is 1. The average Bonchev–Trinajstić information content (AvgIpc) is 2.82. The largest absolute Gasteiger partial charge is 0.423 e. The van der Waals surface area contributed by atoms with Crippen molar-refractivity contribution in [3.8, 4) is 10.6 Å². The topological polar surface area (TPSA) is 52.0 Å². The van der Waals surface area contributed by atoms with Crippen LogP contribution in [0, 0.1) is 0 Å². The van der Waals surface area contributed by atoms with E-state index in [0.717, 1.165) is 10.6 Å². The number of hydrogen-bond donors (Lipinski definition) is 1. The third kappa shape index (κ3) is 1.39. The van der Waals surface area contributed by atoms with Gasteiger partial charge >= 0.3 is 0 Å². The van der Waals surface area contributed by atoms with Gasteiger partial charge < -0.3 is 10.2 Å². The van der Waals surface area contributed by atoms with E-state index in [1.807, 2.05) is 12.1 Å². The Bertz CT molecular complexity index is 579. The maximum Gasteiger partial charge on any atom is 0.292 e. The van der Waals surface area contributed by atoms with Crippen LogP contribution in [-0.4, -0.2) is 4.98 Å². The normalized spacial score (nSPS) is 10.9. The molecular formula is C11H8N2OS. The molecule has 0 aliphatic rings. The SMILES string of the molecule is Nc1ncc(-c2cc3ccccc3s2)o1. The van der Waals surface area contributed by atoms with E-state index in [1.165, 1.54) is 10.1 Å². The predicted molar refractivity (Wildman–Crippen MR) is 61.7 cm³/mol. The number of nitrogen functional groups attached to an aromatic ring is 1. The van der Waals surface area contributed by atoms with E-state index in [2.05, 4.69) is 23.2 Å². The molecule has 0 saturated carbocycles. The maximum absolute atomic E-state index is 5.44. The van der Waals surface area contributed by atoms with Crippen LogP contribution < -0.4 is 5.73 Å². The molecule has 0 spiro atoms. The highest BCUT2D eigenvalue weighted by Gasteiger charge is 2.07. The second-order valence-corrected chi connectivity index (χ2v) is 4.30. The van der Waals surface area contributed by atoms with E-state index < -0.39 is 0 Å². The minimum absolute atomic E-state index is 0.211. The Morgan fingerprint density at radius 2 is 2.13 bits per heavy atom. The van der Waals surface area contributed by atoms with Gasteiger partial charge in [0.15, 0.2) is 5.76 Å². The Hall–Kier alpha value is -1.81. The minimum Gasteiger partial charge on any atom is -0.423 e. The van der Waals surface area contributed by atoms with Gasteiger partial charge in [0.2, 0.25) is 0 Å². The third-order valence-electron chi connectivity index (χ3n) is 2.19. The van der Waals surface area contributed by atoms with Gasteiger partial charge in [0.05, 0.1) is 11.1 Å². The highest BCUT2D eigenvalue weighted by molar-refractivity contribution is 7.22. The molecule has 2 aromatic heterocycles. The van der Waals surface area contributed by atoms with Gasteiger partial charge in [-0.3, -0.25) is 0 Å². The highest BCUT2D eigenvalue weighted by Crippen LogP contribution is 2.33. The molecule has 0 saturated heterocycles. The molecule has 0 radical (unpaired) electrons. The van der Waals surface area contributed by atoms with Gasteiger partial charge in [-0.05, 0) is 17.5 Å². The number of rotatable bonds is 1. The van der Waals surface area contributed by atoms with E-state index in [0.29, 0.717) is 0 Å². The number of nitrogens with zero attached hydrogens (tertiary/aromatic N) is 1. The fourth-order valence-electron chi connectivity index (χ4n) is 1.50. The summed E-state index contributed by atoms with van der Waals surface area (Å²) < 4.78 is 6.51. The summed E-state index contributed by atoms with van der Waals surface area (Å²) in [6, 6.07) is 10.5. The molecule has 0 unspecified atom stereocenters. The molecule has 0 amide bonds. The van der Waals surface area contributed by atoms with Gasteiger partial charge in [-0.2, -0.15) is 0 Å². The predicted octanol–water partition coefficient (Wildman–Crippen LogP) is 3.14. The summed E-state index contributed by atoms with van der Waals surface area (Å²) >= 11 is 1.67. The Labute approximate surface area is 90.2 Å². The lowest BCUT2D eigenvalue weighted by Crippen LogP contribution is -1.79. The quantitative estimate of drug-likeness (QED) is 0.679. The van der Waals surface area contributed by atoms with E-state index in [-0.39, 0.29) is 6.01 Å². The fraction of sp³-hybridized carbons (Fsp3) is 0. The summed E-state index contributed by atoms with van der Waals surface area (Å²) in [5, 5.41) is 1.22. The van der Waals surface area contributed by atoms with Crippen molar-refractivity contribution in [3.05, 3.63) is 36.5 Å². The van der Waals surface area contributed by atoms with Crippen LogP contribution in [-0.2, 0) is 0 Å². The zero-order valence-electron chi connectivity index (χ0n) is 7.81. The van der Waals surface area contributed by atoms with Gasteiger partial charge in [0.25, 0.3) is 6.01 Å². The van der Waals surface area contributed by atoms with Crippen molar-refractivity contribution >= 4 is 27.4 Å². The molecule has 4 heteroatoms. The molecule has 0 aliphatic carbocycles. The number of fused-ring (bicyclic) bond motifs is 1. The summed E-state index contributed by atoms with van der Waals surface area (Å²) in [7, 11) is 0. The number of nitrogens with two attached hydrogens (primary N) is 1. The lowest BCUT2D eigenvalue weighted by molar-refractivity contribution is 0.596. The lowest BCUT2D eigenvalue weighted by atomic mass is 10.2. The van der Waals surface area contributed by atoms with Crippen LogP contribution >= 0.6 is 11.3 Å². The van der Waals surface area contributed by atoms with E-state index in [1.54, 1.807) is 17.5 Å². The molecular weight excluding hydrogens is 208 g/mol. The van der Waals surface area contributed by atoms with Crippen LogP contribution in [0.4, 0.5) is 6.01 Å². The molecule has 3 nitrogen and oxygen atoms in total. The van der Waals surface area contributed by atoms with Crippen LogP contribution in [0.2, 0.25) is 0 Å². The second-order valence-electron chi connectivity index (χ2n) is 3.21. The maximum atomic E-state index is 5.44. The summed E-state index contributed by atoms with van der Waals surface area (Å²) in [5.41, 5.74) is 5.44. The van der Waals surface area contributed by atoms with E-state index >= 15 is 0 Å². The first kappa shape index (κ1) is 8.49. The van der Waals surface area contributed by atoms with Crippen molar-refractivity contribution in [1.82, 2.24) is 4.98 Å². The number of oxazole rings is 1. The minimum atomic E-state index is 0.211. The molecule has 15 heavy (non-hydrogen) atoms. The summed E-state index contributed by atoms with van der Waals surface area (Å²) in [6.07, 6.45) is 1.65. The van der Waals surface area contributed by atoms with Crippen molar-refractivity contribution < 1.29 is 4.42 Å². The van der Waals surface area contributed by atoms with Gasteiger partial charge in [-0.1, -0.05) is 18.2 Å². The van der Waals surface area contributed by atoms with Crippen LogP contribution in [0.5, 0.6) is 0 Å². The van der Waals surface area contributed by atoms with Crippen molar-refractivity contribution in [2.24, 2.45) is 0 Å². The zero-order chi connectivity index (χ0) is 10.3. The van der Waals surface area contributed by atoms with Gasteiger partial charge in [-0.15, -0.1) is 11.3 Å². The molecule has 3 rings (SSSR count). The average molecular weight is 216 g/mol. The van der Waals surface area contributed by atoms with E-state index in [9.17, 15) is 0 Å². The van der Waals surface area contributed by atoms with E-state index in [4.69, 9.17) is 10.2 Å². The number of benzene rings is 1. The van der Waals surface area contributed by atoms with Gasteiger partial charge in [-0.25, -0.2) is 4.98 Å². The Morgan fingerprint density at radius 3 is 2.87 bits per heavy atom. The van der Waals surface area contributed by atoms with Crippen LogP contribution in [0.25, 0.3) is 20.7 Å². The summed E-state index contributed by atoms with van der Waals surface area (Å²) in [5.74, 6) is 0.730. The van der Waals surface area contributed by atoms with Crippen LogP contribution in [0.15, 0.2) is 40.9 Å². The highest BCUT2D eigenvalue weighted by atomic mass is 32.1. The summed E-state index contributed by atoms with van der Waals surface area (Å²) in [6.45, 7) is 0. The molecule has 0 aliphatic heterocycles. The van der Waals surface area contributed by atoms with Crippen LogP contribution in [0.3, 0.4) is 0 Å². The molecule has 2 heterocycles. The first-order valence-corrected chi connectivity index (χ1v) is 5.35. The molecule has 0 fully saturated rings. The molecule has 1 aromatic carbocycles. The summed E-state index contributed by atoms with van der Waals surface area (Å²) in [4.78, 5) is 4.94. The standard InChI is InChI=1S/C11H8N2OS/c12-11-13-6-8(14-11)10-5-7-3-1-2-4-9(7)15-10/h1-6H,(H2,12,13). The van der Waals surface area contributed by atoms with Crippen LogP contribution in [0.1, 0.15) is 0 Å². The molecule has 0 bridgehead atoms. The first-order valence-electron chi connectivity index (χ1n) is 4.53.